The molecule has 1 aliphatic carbocycles. The molecule has 3 heteroatoms. The summed E-state index contributed by atoms with van der Waals surface area (Å²) in [5.74, 6) is -0.0812. The van der Waals surface area contributed by atoms with Crippen LogP contribution < -0.4 is 5.32 Å². The maximum Gasteiger partial charge on any atom is 0.335 e. The summed E-state index contributed by atoms with van der Waals surface area (Å²) in [6.45, 7) is 2.95. The molecule has 0 radical (unpaired) electrons. The zero-order chi connectivity index (χ0) is 10.8. The first kappa shape index (κ1) is 10.0. The molecule has 1 aliphatic rings. The van der Waals surface area contributed by atoms with Crippen molar-refractivity contribution in [3.05, 3.63) is 29.3 Å². The van der Waals surface area contributed by atoms with Gasteiger partial charge in [0.05, 0.1) is 5.56 Å². The van der Waals surface area contributed by atoms with Crippen LogP contribution >= 0.6 is 0 Å². The maximum absolute atomic E-state index is 10.8. The molecule has 1 fully saturated rings. The fourth-order valence-corrected chi connectivity index (χ4v) is 1.52. The molecule has 0 unspecified atom stereocenters. The van der Waals surface area contributed by atoms with Gasteiger partial charge >= 0.3 is 5.97 Å². The molecule has 2 N–H and O–H groups in total. The van der Waals surface area contributed by atoms with Crippen LogP contribution in [0.5, 0.6) is 0 Å². The molecule has 1 aromatic carbocycles. The van der Waals surface area contributed by atoms with Crippen molar-refractivity contribution in [3.63, 3.8) is 0 Å². The van der Waals surface area contributed by atoms with E-state index in [4.69, 9.17) is 5.11 Å². The van der Waals surface area contributed by atoms with Gasteiger partial charge in [0.15, 0.2) is 0 Å². The maximum atomic E-state index is 10.8. The molecule has 0 bridgehead atoms. The minimum atomic E-state index is -0.871. The van der Waals surface area contributed by atoms with E-state index in [1.54, 1.807) is 12.1 Å². The zero-order valence-corrected chi connectivity index (χ0v) is 8.79. The molecule has 1 aromatic rings. The largest absolute Gasteiger partial charge is 0.478 e. The van der Waals surface area contributed by atoms with Gasteiger partial charge in [-0.1, -0.05) is 6.07 Å². The highest BCUT2D eigenvalue weighted by atomic mass is 16.4. The highest BCUT2D eigenvalue weighted by Crippen LogP contribution is 2.29. The van der Waals surface area contributed by atoms with Crippen molar-refractivity contribution in [2.24, 2.45) is 5.92 Å². The summed E-state index contributed by atoms with van der Waals surface area (Å²) in [5.41, 5.74) is 2.39. The first-order valence-electron chi connectivity index (χ1n) is 5.24. The summed E-state index contributed by atoms with van der Waals surface area (Å²) in [4.78, 5) is 10.8. The molecular formula is C12H15NO2. The van der Waals surface area contributed by atoms with Gasteiger partial charge in [-0.25, -0.2) is 4.79 Å². The molecule has 0 saturated heterocycles. The number of benzene rings is 1. The number of rotatable bonds is 4. The molecule has 0 heterocycles. The lowest BCUT2D eigenvalue weighted by Crippen LogP contribution is -2.06. The van der Waals surface area contributed by atoms with Crippen molar-refractivity contribution >= 4 is 11.7 Å². The molecular weight excluding hydrogens is 190 g/mol. The molecule has 80 valence electrons. The van der Waals surface area contributed by atoms with Crippen LogP contribution in [0.4, 0.5) is 5.69 Å². The van der Waals surface area contributed by atoms with Gasteiger partial charge in [0, 0.05) is 12.2 Å². The van der Waals surface area contributed by atoms with Crippen LogP contribution in [0.25, 0.3) is 0 Å². The Morgan fingerprint density at radius 3 is 2.87 bits per heavy atom. The quantitative estimate of drug-likeness (QED) is 0.794. The fourth-order valence-electron chi connectivity index (χ4n) is 1.52. The van der Waals surface area contributed by atoms with Crippen LogP contribution in [-0.2, 0) is 0 Å². The van der Waals surface area contributed by atoms with Gasteiger partial charge in [-0.05, 0) is 43.4 Å². The Morgan fingerprint density at radius 1 is 1.53 bits per heavy atom. The van der Waals surface area contributed by atoms with Crippen molar-refractivity contribution in [2.75, 3.05) is 11.9 Å². The predicted octanol–water partition coefficient (Wildman–Crippen LogP) is 2.52. The summed E-state index contributed by atoms with van der Waals surface area (Å²) >= 11 is 0. The zero-order valence-electron chi connectivity index (χ0n) is 8.79. The van der Waals surface area contributed by atoms with Gasteiger partial charge in [0.25, 0.3) is 0 Å². The van der Waals surface area contributed by atoms with E-state index in [0.29, 0.717) is 5.56 Å². The lowest BCUT2D eigenvalue weighted by Gasteiger charge is -2.09. The number of carbonyl (C=O) groups is 1. The number of nitrogens with one attached hydrogen (secondary N) is 1. The van der Waals surface area contributed by atoms with E-state index in [2.05, 4.69) is 5.32 Å². The number of hydrogen-bond donors (Lipinski definition) is 2. The molecule has 3 nitrogen and oxygen atoms in total. The number of aryl methyl sites for hydroxylation is 1. The second kappa shape index (κ2) is 3.93. The molecule has 0 atom stereocenters. The highest BCUT2D eigenvalue weighted by molar-refractivity contribution is 5.89. The average Bonchev–Trinajstić information content (AvgIpc) is 3.00. The van der Waals surface area contributed by atoms with Crippen molar-refractivity contribution < 1.29 is 9.90 Å². The average molecular weight is 205 g/mol. The third-order valence-corrected chi connectivity index (χ3v) is 2.76. The summed E-state index contributed by atoms with van der Waals surface area (Å²) in [7, 11) is 0. The second-order valence-corrected chi connectivity index (χ2v) is 4.16. The Morgan fingerprint density at radius 2 is 2.27 bits per heavy atom. The monoisotopic (exact) mass is 205 g/mol. The normalized spacial score (nSPS) is 15.0. The van der Waals surface area contributed by atoms with Crippen LogP contribution in [0, 0.1) is 12.8 Å². The number of carboxylic acid groups (broad SMARTS) is 1. The molecule has 0 aliphatic heterocycles. The molecule has 1 saturated carbocycles. The summed E-state index contributed by atoms with van der Waals surface area (Å²) in [5, 5.41) is 12.2. The second-order valence-electron chi connectivity index (χ2n) is 4.16. The SMILES string of the molecule is Cc1ccc(C(=O)O)cc1NCC1CC1. The Bertz CT molecular complexity index is 383. The van der Waals surface area contributed by atoms with E-state index in [9.17, 15) is 4.79 Å². The Balaban J connectivity index is 2.12. The number of carboxylic acids is 1. The number of hydrogen-bond acceptors (Lipinski definition) is 2. The van der Waals surface area contributed by atoms with E-state index in [1.807, 2.05) is 13.0 Å². The predicted molar refractivity (Wildman–Crippen MR) is 59.4 cm³/mol. The Kier molecular flexibility index (Phi) is 2.62. The van der Waals surface area contributed by atoms with Crippen LogP contribution in [0.2, 0.25) is 0 Å². The van der Waals surface area contributed by atoms with E-state index in [1.165, 1.54) is 12.8 Å². The lowest BCUT2D eigenvalue weighted by atomic mass is 10.1. The fraction of sp³-hybridized carbons (Fsp3) is 0.417. The topological polar surface area (TPSA) is 49.3 Å². The van der Waals surface area contributed by atoms with Crippen molar-refractivity contribution in [2.45, 2.75) is 19.8 Å². The first-order chi connectivity index (χ1) is 7.16. The molecule has 0 aromatic heterocycles. The van der Waals surface area contributed by atoms with E-state index < -0.39 is 5.97 Å². The van der Waals surface area contributed by atoms with Crippen LogP contribution in [0.1, 0.15) is 28.8 Å². The summed E-state index contributed by atoms with van der Waals surface area (Å²) in [6.07, 6.45) is 2.59. The van der Waals surface area contributed by atoms with E-state index in [-0.39, 0.29) is 0 Å². The molecule has 0 spiro atoms. The summed E-state index contributed by atoms with van der Waals surface area (Å²) < 4.78 is 0. The highest BCUT2D eigenvalue weighted by Gasteiger charge is 2.20. The van der Waals surface area contributed by atoms with Gasteiger partial charge in [-0.2, -0.15) is 0 Å². The van der Waals surface area contributed by atoms with Gasteiger partial charge in [0.2, 0.25) is 0 Å². The molecule has 2 rings (SSSR count). The third-order valence-electron chi connectivity index (χ3n) is 2.76. The number of anilines is 1. The van der Waals surface area contributed by atoms with Crippen molar-refractivity contribution in [3.8, 4) is 0 Å². The molecule has 0 amide bonds. The Hall–Kier alpha value is -1.51. The minimum absolute atomic E-state index is 0.346. The van der Waals surface area contributed by atoms with E-state index in [0.717, 1.165) is 23.7 Å². The van der Waals surface area contributed by atoms with Crippen LogP contribution in [0.15, 0.2) is 18.2 Å². The lowest BCUT2D eigenvalue weighted by molar-refractivity contribution is 0.0697. The van der Waals surface area contributed by atoms with Gasteiger partial charge in [-0.15, -0.1) is 0 Å². The first-order valence-corrected chi connectivity index (χ1v) is 5.24. The minimum Gasteiger partial charge on any atom is -0.478 e. The molecule has 15 heavy (non-hydrogen) atoms. The van der Waals surface area contributed by atoms with Gasteiger partial charge in [0.1, 0.15) is 0 Å². The standard InChI is InChI=1S/C12H15NO2/c1-8-2-5-10(12(14)15)6-11(8)13-7-9-3-4-9/h2,5-6,9,13H,3-4,7H2,1H3,(H,14,15). The van der Waals surface area contributed by atoms with Crippen LogP contribution in [-0.4, -0.2) is 17.6 Å². The van der Waals surface area contributed by atoms with Gasteiger partial charge < -0.3 is 10.4 Å². The van der Waals surface area contributed by atoms with Crippen molar-refractivity contribution in [1.82, 2.24) is 0 Å². The van der Waals surface area contributed by atoms with Crippen molar-refractivity contribution in [1.29, 1.82) is 0 Å². The van der Waals surface area contributed by atoms with Crippen LogP contribution in [0.3, 0.4) is 0 Å². The van der Waals surface area contributed by atoms with Gasteiger partial charge in [-0.3, -0.25) is 0 Å². The number of aromatic carboxylic acids is 1. The van der Waals surface area contributed by atoms with E-state index >= 15 is 0 Å². The smallest absolute Gasteiger partial charge is 0.335 e. The third kappa shape index (κ3) is 2.49. The Labute approximate surface area is 89.1 Å². The summed E-state index contributed by atoms with van der Waals surface area (Å²) in [6, 6.07) is 5.19.